The number of carbonyl (C=O) groups excluding carboxylic acids is 1. The third kappa shape index (κ3) is 2.93. The highest BCUT2D eigenvalue weighted by atomic mass is 19.1. The van der Waals surface area contributed by atoms with Gasteiger partial charge in [-0.05, 0) is 31.4 Å². The average molecular weight is 295 g/mol. The highest BCUT2D eigenvalue weighted by Gasteiger charge is 2.46. The molecule has 2 aliphatic rings. The summed E-state index contributed by atoms with van der Waals surface area (Å²) in [5, 5.41) is 12.5. The lowest BCUT2D eigenvalue weighted by Crippen LogP contribution is -2.33. The molecular weight excluding hydrogens is 276 g/mol. The highest BCUT2D eigenvalue weighted by Crippen LogP contribution is 2.49. The summed E-state index contributed by atoms with van der Waals surface area (Å²) in [6, 6.07) is 3.77. The molecule has 2 saturated carbocycles. The van der Waals surface area contributed by atoms with E-state index >= 15 is 0 Å². The standard InChI is InChI=1S/C16H19F2NO2/c17-12-4-2-5-13(18)15(12)10-7-11(10)16(21)19-8-9-3-1-6-14(9)20/h2,4-5,9-11,14,20H,1,3,6-8H2,(H,19,21). The molecule has 21 heavy (non-hydrogen) atoms. The SMILES string of the molecule is O=C(NCC1CCCC1O)C1CC1c1c(F)cccc1F. The Labute approximate surface area is 122 Å². The van der Waals surface area contributed by atoms with Crippen molar-refractivity contribution in [3.05, 3.63) is 35.4 Å². The van der Waals surface area contributed by atoms with Crippen LogP contribution in [0.25, 0.3) is 0 Å². The first-order valence-electron chi connectivity index (χ1n) is 7.47. The van der Waals surface area contributed by atoms with E-state index in [9.17, 15) is 18.7 Å². The van der Waals surface area contributed by atoms with Crippen LogP contribution in [0.2, 0.25) is 0 Å². The lowest BCUT2D eigenvalue weighted by atomic mass is 10.1. The smallest absolute Gasteiger partial charge is 0.223 e. The Kier molecular flexibility index (Phi) is 3.93. The molecule has 0 radical (unpaired) electrons. The third-order valence-corrected chi connectivity index (χ3v) is 4.66. The predicted octanol–water partition coefficient (Wildman–Crippen LogP) is 2.35. The van der Waals surface area contributed by atoms with E-state index in [-0.39, 0.29) is 35.3 Å². The number of aliphatic hydroxyl groups is 1. The van der Waals surface area contributed by atoms with E-state index in [1.54, 1.807) is 0 Å². The van der Waals surface area contributed by atoms with Crippen LogP contribution in [-0.4, -0.2) is 23.7 Å². The Morgan fingerprint density at radius 1 is 1.29 bits per heavy atom. The lowest BCUT2D eigenvalue weighted by Gasteiger charge is -2.15. The Balaban J connectivity index is 1.56. The quantitative estimate of drug-likeness (QED) is 0.896. The summed E-state index contributed by atoms with van der Waals surface area (Å²) >= 11 is 0. The Morgan fingerprint density at radius 2 is 2.00 bits per heavy atom. The number of amides is 1. The molecule has 3 rings (SSSR count). The van der Waals surface area contributed by atoms with Crippen molar-refractivity contribution in [2.75, 3.05) is 6.54 Å². The second-order valence-corrected chi connectivity index (χ2v) is 6.09. The van der Waals surface area contributed by atoms with Gasteiger partial charge in [-0.25, -0.2) is 8.78 Å². The van der Waals surface area contributed by atoms with E-state index in [1.165, 1.54) is 18.2 Å². The van der Waals surface area contributed by atoms with Gasteiger partial charge in [0.25, 0.3) is 0 Å². The zero-order valence-electron chi connectivity index (χ0n) is 11.7. The molecule has 5 heteroatoms. The van der Waals surface area contributed by atoms with Crippen LogP contribution < -0.4 is 5.32 Å². The number of nitrogens with one attached hydrogen (secondary N) is 1. The monoisotopic (exact) mass is 295 g/mol. The maximum Gasteiger partial charge on any atom is 0.223 e. The fourth-order valence-electron chi connectivity index (χ4n) is 3.29. The van der Waals surface area contributed by atoms with Gasteiger partial charge in [0.2, 0.25) is 5.91 Å². The fraction of sp³-hybridized carbons (Fsp3) is 0.562. The van der Waals surface area contributed by atoms with E-state index < -0.39 is 11.6 Å². The highest BCUT2D eigenvalue weighted by molar-refractivity contribution is 5.82. The van der Waals surface area contributed by atoms with Crippen molar-refractivity contribution in [1.29, 1.82) is 0 Å². The van der Waals surface area contributed by atoms with Gasteiger partial charge in [-0.15, -0.1) is 0 Å². The second-order valence-electron chi connectivity index (χ2n) is 6.09. The van der Waals surface area contributed by atoms with Gasteiger partial charge in [-0.3, -0.25) is 4.79 Å². The molecule has 1 aromatic carbocycles. The van der Waals surface area contributed by atoms with Crippen LogP contribution in [0.4, 0.5) is 8.78 Å². The van der Waals surface area contributed by atoms with E-state index in [4.69, 9.17) is 0 Å². The maximum absolute atomic E-state index is 13.7. The molecule has 2 fully saturated rings. The van der Waals surface area contributed by atoms with E-state index in [1.807, 2.05) is 0 Å². The number of aliphatic hydroxyl groups excluding tert-OH is 1. The first-order valence-corrected chi connectivity index (χ1v) is 7.47. The van der Waals surface area contributed by atoms with Crippen molar-refractivity contribution >= 4 is 5.91 Å². The number of hydrogen-bond donors (Lipinski definition) is 2. The zero-order valence-corrected chi connectivity index (χ0v) is 11.7. The molecular formula is C16H19F2NO2. The van der Waals surface area contributed by atoms with Crippen molar-refractivity contribution < 1.29 is 18.7 Å². The van der Waals surface area contributed by atoms with Crippen molar-refractivity contribution in [3.63, 3.8) is 0 Å². The molecule has 0 aromatic heterocycles. The molecule has 0 saturated heterocycles. The maximum atomic E-state index is 13.7. The molecule has 114 valence electrons. The van der Waals surface area contributed by atoms with Gasteiger partial charge in [-0.1, -0.05) is 12.5 Å². The number of rotatable bonds is 4. The summed E-state index contributed by atoms with van der Waals surface area (Å²) < 4.78 is 27.3. The summed E-state index contributed by atoms with van der Waals surface area (Å²) in [6.07, 6.45) is 2.82. The molecule has 1 amide bonds. The van der Waals surface area contributed by atoms with E-state index in [0.717, 1.165) is 19.3 Å². The normalized spacial score (nSPS) is 31.2. The molecule has 1 aromatic rings. The lowest BCUT2D eigenvalue weighted by molar-refractivity contribution is -0.122. The van der Waals surface area contributed by atoms with Crippen molar-refractivity contribution in [3.8, 4) is 0 Å². The summed E-state index contributed by atoms with van der Waals surface area (Å²) in [4.78, 5) is 12.0. The van der Waals surface area contributed by atoms with E-state index in [0.29, 0.717) is 13.0 Å². The van der Waals surface area contributed by atoms with Crippen LogP contribution in [-0.2, 0) is 4.79 Å². The number of hydrogen-bond acceptors (Lipinski definition) is 2. The summed E-state index contributed by atoms with van der Waals surface area (Å²) in [5.74, 6) is -1.93. The third-order valence-electron chi connectivity index (χ3n) is 4.66. The minimum atomic E-state index is -0.582. The molecule has 0 aliphatic heterocycles. The van der Waals surface area contributed by atoms with Gasteiger partial charge in [0.15, 0.2) is 0 Å². The number of benzene rings is 1. The topological polar surface area (TPSA) is 49.3 Å². The minimum absolute atomic E-state index is 0.0264. The van der Waals surface area contributed by atoms with Crippen LogP contribution in [0.3, 0.4) is 0 Å². The summed E-state index contributed by atoms with van der Waals surface area (Å²) in [6.45, 7) is 0.447. The van der Waals surface area contributed by atoms with Crippen LogP contribution in [0.1, 0.15) is 37.2 Å². The van der Waals surface area contributed by atoms with Crippen LogP contribution >= 0.6 is 0 Å². The van der Waals surface area contributed by atoms with Crippen molar-refractivity contribution in [2.24, 2.45) is 11.8 Å². The number of halogens is 2. The van der Waals surface area contributed by atoms with Crippen molar-refractivity contribution in [1.82, 2.24) is 5.32 Å². The van der Waals surface area contributed by atoms with E-state index in [2.05, 4.69) is 5.32 Å². The molecule has 0 bridgehead atoms. The van der Waals surface area contributed by atoms with Gasteiger partial charge in [0.05, 0.1) is 6.10 Å². The first-order chi connectivity index (χ1) is 10.1. The van der Waals surface area contributed by atoms with Gasteiger partial charge in [-0.2, -0.15) is 0 Å². The van der Waals surface area contributed by atoms with Gasteiger partial charge >= 0.3 is 0 Å². The van der Waals surface area contributed by atoms with Gasteiger partial charge in [0.1, 0.15) is 11.6 Å². The fourth-order valence-corrected chi connectivity index (χ4v) is 3.29. The molecule has 3 nitrogen and oxygen atoms in total. The first kappa shape index (κ1) is 14.4. The van der Waals surface area contributed by atoms with Gasteiger partial charge < -0.3 is 10.4 Å². The molecule has 4 unspecified atom stereocenters. The number of carbonyl (C=O) groups is 1. The van der Waals surface area contributed by atoms with Crippen LogP contribution in [0.15, 0.2) is 18.2 Å². The largest absolute Gasteiger partial charge is 0.393 e. The molecule has 2 N–H and O–H groups in total. The second kappa shape index (κ2) is 5.72. The minimum Gasteiger partial charge on any atom is -0.393 e. The predicted molar refractivity (Wildman–Crippen MR) is 73.6 cm³/mol. The molecule has 2 aliphatic carbocycles. The van der Waals surface area contributed by atoms with Crippen LogP contribution in [0, 0.1) is 23.5 Å². The Bertz CT molecular complexity index is 529. The van der Waals surface area contributed by atoms with Gasteiger partial charge in [0, 0.05) is 29.9 Å². The summed E-state index contributed by atoms with van der Waals surface area (Å²) in [7, 11) is 0. The zero-order chi connectivity index (χ0) is 15.0. The summed E-state index contributed by atoms with van der Waals surface area (Å²) in [5.41, 5.74) is 0.0264. The molecule has 0 spiro atoms. The average Bonchev–Trinajstić information content (AvgIpc) is 3.12. The van der Waals surface area contributed by atoms with Crippen LogP contribution in [0.5, 0.6) is 0 Å². The molecule has 4 atom stereocenters. The van der Waals surface area contributed by atoms with Crippen molar-refractivity contribution in [2.45, 2.75) is 37.7 Å². The molecule has 0 heterocycles. The Morgan fingerprint density at radius 3 is 2.62 bits per heavy atom. The Hall–Kier alpha value is -1.49.